The SMILES string of the molecule is CN1CCc2cc(-c3ccc(OCC4CCCCC4)cc3)ccc21. The molecule has 1 heterocycles. The molecule has 2 aliphatic rings. The fraction of sp³-hybridized carbons (Fsp3) is 0.455. The topological polar surface area (TPSA) is 12.5 Å². The Balaban J connectivity index is 1.42. The molecule has 24 heavy (non-hydrogen) atoms. The van der Waals surface area contributed by atoms with Crippen LogP contribution < -0.4 is 9.64 Å². The Kier molecular flexibility index (Phi) is 4.46. The molecule has 0 spiro atoms. The van der Waals surface area contributed by atoms with Crippen molar-refractivity contribution in [1.82, 2.24) is 0 Å². The summed E-state index contributed by atoms with van der Waals surface area (Å²) < 4.78 is 6.02. The predicted molar refractivity (Wildman–Crippen MR) is 101 cm³/mol. The van der Waals surface area contributed by atoms with E-state index in [2.05, 4.69) is 54.4 Å². The van der Waals surface area contributed by atoms with Crippen molar-refractivity contribution in [3.63, 3.8) is 0 Å². The number of ether oxygens (including phenoxy) is 1. The number of fused-ring (bicyclic) bond motifs is 1. The highest BCUT2D eigenvalue weighted by molar-refractivity contribution is 5.70. The highest BCUT2D eigenvalue weighted by Crippen LogP contribution is 2.32. The Hall–Kier alpha value is -1.96. The molecule has 0 radical (unpaired) electrons. The second kappa shape index (κ2) is 6.88. The van der Waals surface area contributed by atoms with E-state index in [0.717, 1.165) is 31.2 Å². The van der Waals surface area contributed by atoms with Gasteiger partial charge in [0, 0.05) is 19.3 Å². The maximum absolute atomic E-state index is 6.02. The van der Waals surface area contributed by atoms with Crippen molar-refractivity contribution in [3.8, 4) is 16.9 Å². The predicted octanol–water partition coefficient (Wildman–Crippen LogP) is 5.31. The first kappa shape index (κ1) is 15.6. The zero-order valence-corrected chi connectivity index (χ0v) is 14.6. The van der Waals surface area contributed by atoms with Crippen molar-refractivity contribution < 1.29 is 4.74 Å². The monoisotopic (exact) mass is 321 g/mol. The number of hydrogen-bond acceptors (Lipinski definition) is 2. The Morgan fingerprint density at radius 3 is 2.50 bits per heavy atom. The van der Waals surface area contributed by atoms with Gasteiger partial charge in [-0.05, 0) is 66.1 Å². The van der Waals surface area contributed by atoms with Crippen molar-refractivity contribution in [1.29, 1.82) is 0 Å². The zero-order chi connectivity index (χ0) is 16.4. The number of rotatable bonds is 4. The number of likely N-dealkylation sites (N-methyl/N-ethyl adjacent to an activating group) is 1. The first-order valence-electron chi connectivity index (χ1n) is 9.37. The Morgan fingerprint density at radius 2 is 1.71 bits per heavy atom. The van der Waals surface area contributed by atoms with Crippen LogP contribution in [0.15, 0.2) is 42.5 Å². The van der Waals surface area contributed by atoms with Gasteiger partial charge in [0.15, 0.2) is 0 Å². The molecule has 1 fully saturated rings. The maximum atomic E-state index is 6.02. The van der Waals surface area contributed by atoms with Crippen LogP contribution in [0.5, 0.6) is 5.75 Å². The van der Waals surface area contributed by atoms with E-state index in [9.17, 15) is 0 Å². The van der Waals surface area contributed by atoms with Crippen LogP contribution in [0.1, 0.15) is 37.7 Å². The van der Waals surface area contributed by atoms with Gasteiger partial charge in [-0.3, -0.25) is 0 Å². The lowest BCUT2D eigenvalue weighted by Crippen LogP contribution is -2.15. The third kappa shape index (κ3) is 3.28. The standard InChI is InChI=1S/C22H27NO/c1-23-14-13-20-15-19(9-12-22(20)23)18-7-10-21(11-8-18)24-16-17-5-3-2-4-6-17/h7-12,15,17H,2-6,13-14,16H2,1H3. The molecule has 0 saturated heterocycles. The summed E-state index contributed by atoms with van der Waals surface area (Å²) in [5, 5.41) is 0. The molecule has 1 aliphatic heterocycles. The summed E-state index contributed by atoms with van der Waals surface area (Å²) in [4.78, 5) is 2.33. The molecule has 2 nitrogen and oxygen atoms in total. The maximum Gasteiger partial charge on any atom is 0.119 e. The molecule has 2 aromatic rings. The van der Waals surface area contributed by atoms with Gasteiger partial charge in [0.25, 0.3) is 0 Å². The molecule has 0 amide bonds. The first-order chi connectivity index (χ1) is 11.8. The minimum Gasteiger partial charge on any atom is -0.493 e. The number of benzene rings is 2. The Bertz CT molecular complexity index is 686. The fourth-order valence-corrected chi connectivity index (χ4v) is 4.06. The second-order valence-corrected chi connectivity index (χ2v) is 7.35. The summed E-state index contributed by atoms with van der Waals surface area (Å²) in [7, 11) is 2.17. The van der Waals surface area contributed by atoms with E-state index < -0.39 is 0 Å². The minimum atomic E-state index is 0.757. The van der Waals surface area contributed by atoms with Crippen molar-refractivity contribution in [2.75, 3.05) is 25.1 Å². The van der Waals surface area contributed by atoms with Crippen molar-refractivity contribution in [2.24, 2.45) is 5.92 Å². The van der Waals surface area contributed by atoms with E-state index >= 15 is 0 Å². The van der Waals surface area contributed by atoms with Crippen LogP contribution in [0.4, 0.5) is 5.69 Å². The van der Waals surface area contributed by atoms with E-state index in [0.29, 0.717) is 0 Å². The molecule has 1 saturated carbocycles. The van der Waals surface area contributed by atoms with Crippen molar-refractivity contribution in [2.45, 2.75) is 38.5 Å². The number of anilines is 1. The summed E-state index contributed by atoms with van der Waals surface area (Å²) in [6.45, 7) is 2.01. The van der Waals surface area contributed by atoms with Crippen molar-refractivity contribution in [3.05, 3.63) is 48.0 Å². The molecule has 4 rings (SSSR count). The molecule has 0 bridgehead atoms. The summed E-state index contributed by atoms with van der Waals surface area (Å²) >= 11 is 0. The molecule has 0 unspecified atom stereocenters. The Morgan fingerprint density at radius 1 is 0.958 bits per heavy atom. The molecule has 1 aliphatic carbocycles. The van der Waals surface area contributed by atoms with E-state index in [4.69, 9.17) is 4.74 Å². The molecule has 0 atom stereocenters. The smallest absolute Gasteiger partial charge is 0.119 e. The van der Waals surface area contributed by atoms with Gasteiger partial charge in [0.2, 0.25) is 0 Å². The second-order valence-electron chi connectivity index (χ2n) is 7.35. The third-order valence-corrected chi connectivity index (χ3v) is 5.61. The van der Waals surface area contributed by atoms with Gasteiger partial charge in [-0.1, -0.05) is 37.5 Å². The molecular formula is C22H27NO. The molecule has 0 aromatic heterocycles. The van der Waals surface area contributed by atoms with Crippen molar-refractivity contribution >= 4 is 5.69 Å². The van der Waals surface area contributed by atoms with E-state index in [1.165, 1.54) is 54.5 Å². The van der Waals surface area contributed by atoms with Gasteiger partial charge in [-0.2, -0.15) is 0 Å². The third-order valence-electron chi connectivity index (χ3n) is 5.61. The normalized spacial score (nSPS) is 17.8. The molecular weight excluding hydrogens is 294 g/mol. The van der Waals surface area contributed by atoms with Crippen LogP contribution in [-0.4, -0.2) is 20.2 Å². The van der Waals surface area contributed by atoms with E-state index in [1.807, 2.05) is 0 Å². The van der Waals surface area contributed by atoms with Crippen LogP contribution in [-0.2, 0) is 6.42 Å². The zero-order valence-electron chi connectivity index (χ0n) is 14.6. The molecule has 126 valence electrons. The lowest BCUT2D eigenvalue weighted by molar-refractivity contribution is 0.209. The van der Waals surface area contributed by atoms with Gasteiger partial charge in [-0.15, -0.1) is 0 Å². The van der Waals surface area contributed by atoms with Crippen LogP contribution in [0.3, 0.4) is 0 Å². The highest BCUT2D eigenvalue weighted by Gasteiger charge is 2.16. The largest absolute Gasteiger partial charge is 0.493 e. The quantitative estimate of drug-likeness (QED) is 0.757. The lowest BCUT2D eigenvalue weighted by atomic mass is 9.90. The first-order valence-corrected chi connectivity index (χ1v) is 9.37. The van der Waals surface area contributed by atoms with Crippen LogP contribution in [0.25, 0.3) is 11.1 Å². The van der Waals surface area contributed by atoms with Gasteiger partial charge >= 0.3 is 0 Å². The Labute approximate surface area is 145 Å². The van der Waals surface area contributed by atoms with Gasteiger partial charge in [0.05, 0.1) is 6.61 Å². The summed E-state index contributed by atoms with van der Waals surface area (Å²) in [6.07, 6.45) is 7.98. The number of nitrogens with zero attached hydrogens (tertiary/aromatic N) is 1. The van der Waals surface area contributed by atoms with Gasteiger partial charge < -0.3 is 9.64 Å². The average molecular weight is 321 g/mol. The van der Waals surface area contributed by atoms with E-state index in [-0.39, 0.29) is 0 Å². The fourth-order valence-electron chi connectivity index (χ4n) is 4.06. The average Bonchev–Trinajstić information content (AvgIpc) is 3.02. The lowest BCUT2D eigenvalue weighted by Gasteiger charge is -2.21. The summed E-state index contributed by atoms with van der Waals surface area (Å²) in [5.41, 5.74) is 5.43. The van der Waals surface area contributed by atoms with E-state index in [1.54, 1.807) is 0 Å². The van der Waals surface area contributed by atoms with Crippen LogP contribution in [0, 0.1) is 5.92 Å². The highest BCUT2D eigenvalue weighted by atomic mass is 16.5. The molecule has 0 N–H and O–H groups in total. The summed E-state index contributed by atoms with van der Waals surface area (Å²) in [6, 6.07) is 15.5. The van der Waals surface area contributed by atoms with Gasteiger partial charge in [-0.25, -0.2) is 0 Å². The molecule has 2 heteroatoms. The summed E-state index contributed by atoms with van der Waals surface area (Å²) in [5.74, 6) is 1.76. The van der Waals surface area contributed by atoms with Crippen LogP contribution >= 0.6 is 0 Å². The molecule has 2 aromatic carbocycles. The minimum absolute atomic E-state index is 0.757. The number of hydrogen-bond donors (Lipinski definition) is 0. The van der Waals surface area contributed by atoms with Crippen LogP contribution in [0.2, 0.25) is 0 Å². The van der Waals surface area contributed by atoms with Gasteiger partial charge in [0.1, 0.15) is 5.75 Å².